The van der Waals surface area contributed by atoms with Crippen molar-refractivity contribution in [2.45, 2.75) is 0 Å². The van der Waals surface area contributed by atoms with Crippen molar-refractivity contribution in [2.75, 3.05) is 11.5 Å². The number of hydrogen-bond acceptors (Lipinski definition) is 4. The maximum atomic E-state index is 10.7. The molecule has 5 nitrogen and oxygen atoms in total. The summed E-state index contributed by atoms with van der Waals surface area (Å²) in [6.07, 6.45) is 1.09. The molecule has 0 atom stereocenters. The second kappa shape index (κ2) is 1.94. The normalized spacial score (nSPS) is 9.60. The molecule has 1 aromatic heterocycles. The molecule has 6 N–H and O–H groups in total. The minimum atomic E-state index is -0.642. The van der Waals surface area contributed by atoms with Gasteiger partial charge in [-0.15, -0.1) is 0 Å². The van der Waals surface area contributed by atoms with E-state index in [4.69, 9.17) is 16.6 Å². The summed E-state index contributed by atoms with van der Waals surface area (Å²) in [4.78, 5) is 13.1. The van der Waals surface area contributed by atoms with Gasteiger partial charge in [-0.05, 0) is 0 Å². The first kappa shape index (κ1) is 6.47. The lowest BCUT2D eigenvalue weighted by Crippen LogP contribution is -2.11. The quantitative estimate of drug-likeness (QED) is 0.381. The monoisotopic (exact) mass is 141 g/mol. The number of rotatable bonds is 0. The number of aromatic nitrogens is 1. The van der Waals surface area contributed by atoms with Crippen molar-refractivity contribution in [1.29, 1.82) is 0 Å². The van der Waals surface area contributed by atoms with Crippen LogP contribution in [0.4, 0.5) is 11.5 Å². The van der Waals surface area contributed by atoms with Crippen LogP contribution in [0.1, 0.15) is 0 Å². The van der Waals surface area contributed by atoms with Crippen molar-refractivity contribution in [3.8, 4) is 5.75 Å². The third kappa shape index (κ3) is 0.771. The minimum absolute atomic E-state index is 0.0720. The molecule has 0 radical (unpaired) electrons. The highest BCUT2D eigenvalue weighted by Crippen LogP contribution is 2.07. The van der Waals surface area contributed by atoms with Gasteiger partial charge < -0.3 is 21.6 Å². The largest absolute Gasteiger partial charge is 0.503 e. The fourth-order valence-corrected chi connectivity index (χ4v) is 0.550. The lowest BCUT2D eigenvalue weighted by atomic mass is 10.3. The van der Waals surface area contributed by atoms with Gasteiger partial charge in [0.25, 0.3) is 0 Å². The fourth-order valence-electron chi connectivity index (χ4n) is 0.550. The Morgan fingerprint density at radius 3 is 2.60 bits per heavy atom. The number of anilines is 2. The molecule has 0 amide bonds. The first-order valence-electron chi connectivity index (χ1n) is 2.58. The first-order valence-corrected chi connectivity index (χ1v) is 2.58. The van der Waals surface area contributed by atoms with E-state index in [2.05, 4.69) is 4.98 Å². The van der Waals surface area contributed by atoms with Crippen LogP contribution in [0.3, 0.4) is 0 Å². The maximum absolute atomic E-state index is 10.7. The van der Waals surface area contributed by atoms with Crippen molar-refractivity contribution in [2.24, 2.45) is 0 Å². The Kier molecular flexibility index (Phi) is 1.26. The van der Waals surface area contributed by atoms with Crippen molar-refractivity contribution in [3.05, 3.63) is 16.4 Å². The Morgan fingerprint density at radius 2 is 2.10 bits per heavy atom. The van der Waals surface area contributed by atoms with E-state index in [0.29, 0.717) is 0 Å². The van der Waals surface area contributed by atoms with Gasteiger partial charge in [0.05, 0.1) is 0 Å². The zero-order chi connectivity index (χ0) is 7.72. The van der Waals surface area contributed by atoms with Gasteiger partial charge in [-0.3, -0.25) is 4.79 Å². The predicted molar refractivity (Wildman–Crippen MR) is 37.6 cm³/mol. The van der Waals surface area contributed by atoms with Crippen LogP contribution in [0.15, 0.2) is 11.0 Å². The molecule has 0 saturated carbocycles. The summed E-state index contributed by atoms with van der Waals surface area (Å²) in [5.74, 6) is -0.352. The molecule has 1 rings (SSSR count). The van der Waals surface area contributed by atoms with Crippen LogP contribution >= 0.6 is 0 Å². The van der Waals surface area contributed by atoms with Crippen LogP contribution < -0.4 is 16.9 Å². The van der Waals surface area contributed by atoms with Crippen molar-refractivity contribution in [3.63, 3.8) is 0 Å². The highest BCUT2D eigenvalue weighted by molar-refractivity contribution is 5.59. The van der Waals surface area contributed by atoms with E-state index in [1.54, 1.807) is 0 Å². The molecule has 5 heteroatoms. The lowest BCUT2D eigenvalue weighted by Gasteiger charge is -1.97. The molecule has 0 fully saturated rings. The molecule has 1 aromatic rings. The van der Waals surface area contributed by atoms with Gasteiger partial charge in [0, 0.05) is 6.20 Å². The van der Waals surface area contributed by atoms with Gasteiger partial charge in [0.1, 0.15) is 11.5 Å². The van der Waals surface area contributed by atoms with Gasteiger partial charge in [0.2, 0.25) is 5.43 Å². The summed E-state index contributed by atoms with van der Waals surface area (Å²) in [6.45, 7) is 0. The van der Waals surface area contributed by atoms with Crippen LogP contribution in [0, 0.1) is 0 Å². The fraction of sp³-hybridized carbons (Fsp3) is 0. The van der Waals surface area contributed by atoms with Gasteiger partial charge in [0.15, 0.2) is 5.75 Å². The van der Waals surface area contributed by atoms with Crippen LogP contribution in [-0.4, -0.2) is 10.1 Å². The Balaban J connectivity index is 3.50. The van der Waals surface area contributed by atoms with Crippen molar-refractivity contribution in [1.82, 2.24) is 4.98 Å². The number of aromatic amines is 1. The van der Waals surface area contributed by atoms with Crippen molar-refractivity contribution >= 4 is 11.5 Å². The molecule has 0 unspecified atom stereocenters. The molecule has 10 heavy (non-hydrogen) atoms. The summed E-state index contributed by atoms with van der Waals surface area (Å²) in [5, 5.41) is 8.75. The maximum Gasteiger partial charge on any atom is 0.248 e. The molecular formula is C5H7N3O2. The first-order chi connectivity index (χ1) is 4.63. The smallest absolute Gasteiger partial charge is 0.248 e. The number of pyridine rings is 1. The summed E-state index contributed by atoms with van der Waals surface area (Å²) in [7, 11) is 0. The standard InChI is InChI=1S/C5H7N3O2/c6-3-4(10)2(9)1-8-5(3)7/h1,9H,6H2,(H3,7,8,10). The van der Waals surface area contributed by atoms with Crippen LogP contribution in [0.25, 0.3) is 0 Å². The molecule has 0 saturated heterocycles. The molecule has 0 aromatic carbocycles. The molecule has 0 spiro atoms. The number of aromatic hydroxyl groups is 1. The Bertz CT molecular complexity index is 304. The SMILES string of the molecule is Nc1[nH]cc(O)c(=O)c1N. The highest BCUT2D eigenvalue weighted by Gasteiger charge is 2.02. The molecule has 54 valence electrons. The number of nitrogens with two attached hydrogens (primary N) is 2. The third-order valence-corrected chi connectivity index (χ3v) is 1.13. The molecule has 0 aliphatic heterocycles. The minimum Gasteiger partial charge on any atom is -0.503 e. The van der Waals surface area contributed by atoms with E-state index in [9.17, 15) is 4.79 Å². The zero-order valence-electron chi connectivity index (χ0n) is 5.09. The van der Waals surface area contributed by atoms with E-state index in [-0.39, 0.29) is 11.5 Å². The second-order valence-corrected chi connectivity index (χ2v) is 1.83. The molecular weight excluding hydrogens is 134 g/mol. The molecule has 1 heterocycles. The van der Waals surface area contributed by atoms with E-state index in [0.717, 1.165) is 6.20 Å². The topological polar surface area (TPSA) is 105 Å². The Hall–Kier alpha value is -1.65. The van der Waals surface area contributed by atoms with E-state index in [1.807, 2.05) is 0 Å². The summed E-state index contributed by atoms with van der Waals surface area (Å²) >= 11 is 0. The number of nitrogens with one attached hydrogen (secondary N) is 1. The van der Waals surface area contributed by atoms with Gasteiger partial charge in [-0.1, -0.05) is 0 Å². The third-order valence-electron chi connectivity index (χ3n) is 1.13. The zero-order valence-corrected chi connectivity index (χ0v) is 5.09. The van der Waals surface area contributed by atoms with E-state index >= 15 is 0 Å². The van der Waals surface area contributed by atoms with E-state index in [1.165, 1.54) is 0 Å². The number of H-pyrrole nitrogens is 1. The average Bonchev–Trinajstić information content (AvgIpc) is 1.93. The predicted octanol–water partition coefficient (Wildman–Crippen LogP) is -0.755. The summed E-state index contributed by atoms with van der Waals surface area (Å²) < 4.78 is 0. The Morgan fingerprint density at radius 1 is 1.50 bits per heavy atom. The lowest BCUT2D eigenvalue weighted by molar-refractivity contribution is 0.468. The Labute approximate surface area is 56.3 Å². The van der Waals surface area contributed by atoms with Gasteiger partial charge in [-0.25, -0.2) is 0 Å². The van der Waals surface area contributed by atoms with E-state index < -0.39 is 11.2 Å². The summed E-state index contributed by atoms with van der Waals surface area (Å²) in [6, 6.07) is 0. The van der Waals surface area contributed by atoms with Crippen molar-refractivity contribution < 1.29 is 5.11 Å². The van der Waals surface area contributed by atoms with Crippen LogP contribution in [0.5, 0.6) is 5.75 Å². The van der Waals surface area contributed by atoms with Gasteiger partial charge in [-0.2, -0.15) is 0 Å². The highest BCUT2D eigenvalue weighted by atomic mass is 16.3. The average molecular weight is 141 g/mol. The molecule has 0 aliphatic carbocycles. The second-order valence-electron chi connectivity index (χ2n) is 1.83. The molecule has 0 bridgehead atoms. The molecule has 0 aliphatic rings. The van der Waals surface area contributed by atoms with Crippen LogP contribution in [-0.2, 0) is 0 Å². The number of hydrogen-bond donors (Lipinski definition) is 4. The number of nitrogen functional groups attached to an aromatic ring is 2. The van der Waals surface area contributed by atoms with Crippen LogP contribution in [0.2, 0.25) is 0 Å². The summed E-state index contributed by atoms with van der Waals surface area (Å²) in [5.41, 5.74) is 9.56. The van der Waals surface area contributed by atoms with Gasteiger partial charge >= 0.3 is 0 Å².